The molecule has 0 radical (unpaired) electrons. The molecule has 1 N–H and O–H groups in total. The Morgan fingerprint density at radius 3 is 2.89 bits per heavy atom. The van der Waals surface area contributed by atoms with Crippen LogP contribution in [0.1, 0.15) is 18.2 Å². The smallest absolute Gasteiger partial charge is 0.258 e. The number of amides is 1. The van der Waals surface area contributed by atoms with Crippen molar-refractivity contribution in [3.63, 3.8) is 0 Å². The largest absolute Gasteiger partial charge is 0.493 e. The number of hydrogen-bond acceptors (Lipinski definition) is 4. The second kappa shape index (κ2) is 8.73. The van der Waals surface area contributed by atoms with Crippen LogP contribution in [-0.2, 0) is 11.3 Å². The lowest BCUT2D eigenvalue weighted by Crippen LogP contribution is -2.28. The topological polar surface area (TPSA) is 64.9 Å². The molecular weight excluding hydrogens is 410 g/mol. The molecule has 0 unspecified atom stereocenters. The zero-order valence-electron chi connectivity index (χ0n) is 15.1. The lowest BCUT2D eigenvalue weighted by atomic mass is 10.2. The Hall–Kier alpha value is -2.80. The molecule has 0 fully saturated rings. The number of allylic oxidation sites excluding steroid dienone is 1. The van der Waals surface area contributed by atoms with E-state index in [9.17, 15) is 4.79 Å². The summed E-state index contributed by atoms with van der Waals surface area (Å²) in [6, 6.07) is 9.39. The molecule has 0 aliphatic rings. The average Bonchev–Trinajstić information content (AvgIpc) is 3.07. The molecule has 2 heterocycles. The first-order chi connectivity index (χ1) is 13.1. The number of hydrogen-bond donors (Lipinski definition) is 1. The van der Waals surface area contributed by atoms with Gasteiger partial charge in [0, 0.05) is 16.9 Å². The van der Waals surface area contributed by atoms with Crippen LogP contribution in [0.3, 0.4) is 0 Å². The summed E-state index contributed by atoms with van der Waals surface area (Å²) in [5, 5.41) is 2.81. The van der Waals surface area contributed by atoms with Crippen LogP contribution in [0.2, 0.25) is 0 Å². The molecule has 27 heavy (non-hydrogen) atoms. The van der Waals surface area contributed by atoms with Crippen LogP contribution in [-0.4, -0.2) is 29.0 Å². The highest BCUT2D eigenvalue weighted by Crippen LogP contribution is 2.28. The number of nitrogens with one attached hydrogen (secondary N) is 1. The van der Waals surface area contributed by atoms with Crippen molar-refractivity contribution < 1.29 is 14.3 Å². The van der Waals surface area contributed by atoms with Gasteiger partial charge in [0.25, 0.3) is 5.91 Å². The zero-order valence-corrected chi connectivity index (χ0v) is 16.7. The molecule has 0 atom stereocenters. The SMILES string of the molecule is CC=Cc1ccc(OCC(=O)NCc2cn3cc(Br)ccc3n2)c(OC)c1. The molecule has 0 saturated heterocycles. The first-order valence-corrected chi connectivity index (χ1v) is 9.21. The third kappa shape index (κ3) is 4.89. The summed E-state index contributed by atoms with van der Waals surface area (Å²) in [5.41, 5.74) is 2.60. The van der Waals surface area contributed by atoms with Crippen LogP contribution in [0, 0.1) is 0 Å². The quantitative estimate of drug-likeness (QED) is 0.619. The van der Waals surface area contributed by atoms with Gasteiger partial charge in [-0.1, -0.05) is 18.2 Å². The molecule has 0 spiro atoms. The van der Waals surface area contributed by atoms with Gasteiger partial charge in [-0.2, -0.15) is 0 Å². The Bertz CT molecular complexity index is 982. The van der Waals surface area contributed by atoms with Gasteiger partial charge in [0.05, 0.1) is 19.3 Å². The Morgan fingerprint density at radius 2 is 2.11 bits per heavy atom. The van der Waals surface area contributed by atoms with Crippen LogP contribution < -0.4 is 14.8 Å². The molecule has 6 nitrogen and oxygen atoms in total. The van der Waals surface area contributed by atoms with Crippen LogP contribution >= 0.6 is 15.9 Å². The van der Waals surface area contributed by atoms with E-state index in [0.717, 1.165) is 21.4 Å². The van der Waals surface area contributed by atoms with Crippen molar-refractivity contribution in [3.8, 4) is 11.5 Å². The van der Waals surface area contributed by atoms with Crippen LogP contribution in [0.15, 0.2) is 53.3 Å². The number of carbonyl (C=O) groups is 1. The van der Waals surface area contributed by atoms with E-state index in [2.05, 4.69) is 26.2 Å². The van der Waals surface area contributed by atoms with Gasteiger partial charge >= 0.3 is 0 Å². The third-order valence-corrected chi connectivity index (χ3v) is 4.31. The number of pyridine rings is 1. The highest BCUT2D eigenvalue weighted by molar-refractivity contribution is 9.10. The molecular formula is C20H20BrN3O3. The zero-order chi connectivity index (χ0) is 19.2. The van der Waals surface area contributed by atoms with E-state index in [4.69, 9.17) is 9.47 Å². The molecule has 0 bridgehead atoms. The monoisotopic (exact) mass is 429 g/mol. The molecule has 2 aromatic heterocycles. The fourth-order valence-electron chi connectivity index (χ4n) is 2.59. The van der Waals surface area contributed by atoms with Gasteiger partial charge in [0.1, 0.15) is 5.65 Å². The van der Waals surface area contributed by atoms with E-state index in [-0.39, 0.29) is 12.5 Å². The lowest BCUT2D eigenvalue weighted by Gasteiger charge is -2.11. The molecule has 0 saturated carbocycles. The Labute approximate surface area is 165 Å². The van der Waals surface area contributed by atoms with E-state index in [1.807, 2.05) is 60.1 Å². The summed E-state index contributed by atoms with van der Waals surface area (Å²) in [6.07, 6.45) is 7.71. The van der Waals surface area contributed by atoms with Crippen molar-refractivity contribution in [2.75, 3.05) is 13.7 Å². The summed E-state index contributed by atoms with van der Waals surface area (Å²) >= 11 is 3.42. The highest BCUT2D eigenvalue weighted by atomic mass is 79.9. The van der Waals surface area contributed by atoms with E-state index >= 15 is 0 Å². The summed E-state index contributed by atoms with van der Waals surface area (Å²) in [6.45, 7) is 2.18. The second-order valence-electron chi connectivity index (χ2n) is 5.82. The predicted molar refractivity (Wildman–Crippen MR) is 108 cm³/mol. The maximum atomic E-state index is 12.1. The van der Waals surface area contributed by atoms with Crippen molar-refractivity contribution in [2.24, 2.45) is 0 Å². The van der Waals surface area contributed by atoms with Crippen molar-refractivity contribution in [1.29, 1.82) is 0 Å². The van der Waals surface area contributed by atoms with Gasteiger partial charge in [0.15, 0.2) is 18.1 Å². The molecule has 0 aliphatic heterocycles. The molecule has 3 rings (SSSR count). The number of rotatable bonds is 7. The molecule has 140 valence electrons. The van der Waals surface area contributed by atoms with Crippen molar-refractivity contribution in [1.82, 2.24) is 14.7 Å². The number of methoxy groups -OCH3 is 1. The average molecular weight is 430 g/mol. The molecule has 0 aliphatic carbocycles. The van der Waals surface area contributed by atoms with E-state index < -0.39 is 0 Å². The van der Waals surface area contributed by atoms with E-state index in [1.165, 1.54) is 0 Å². The number of aromatic nitrogens is 2. The maximum absolute atomic E-state index is 12.1. The van der Waals surface area contributed by atoms with Gasteiger partial charge in [-0.05, 0) is 52.7 Å². The standard InChI is InChI=1S/C20H20BrN3O3/c1-3-4-14-5-7-17(18(9-14)26-2)27-13-20(25)22-10-16-12-24-11-15(21)6-8-19(24)23-16/h3-9,11-12H,10,13H2,1-2H3,(H,22,25). The van der Waals surface area contributed by atoms with Crippen LogP contribution in [0.25, 0.3) is 11.7 Å². The summed E-state index contributed by atoms with van der Waals surface area (Å²) in [5.74, 6) is 0.885. The van der Waals surface area contributed by atoms with E-state index in [1.54, 1.807) is 13.2 Å². The number of fused-ring (bicyclic) bond motifs is 1. The van der Waals surface area contributed by atoms with Crippen molar-refractivity contribution >= 4 is 33.6 Å². The predicted octanol–water partition coefficient (Wildman–Crippen LogP) is 3.83. The summed E-state index contributed by atoms with van der Waals surface area (Å²) in [4.78, 5) is 16.6. The minimum atomic E-state index is -0.229. The number of ether oxygens (including phenoxy) is 2. The van der Waals surface area contributed by atoms with Gasteiger partial charge in [0.2, 0.25) is 0 Å². The minimum absolute atomic E-state index is 0.0990. The van der Waals surface area contributed by atoms with Gasteiger partial charge in [-0.15, -0.1) is 0 Å². The molecule has 1 amide bonds. The molecule has 1 aromatic carbocycles. The second-order valence-corrected chi connectivity index (χ2v) is 6.74. The number of nitrogens with zero attached hydrogens (tertiary/aromatic N) is 2. The number of benzene rings is 1. The fraction of sp³-hybridized carbons (Fsp3) is 0.200. The minimum Gasteiger partial charge on any atom is -0.493 e. The molecule has 3 aromatic rings. The third-order valence-electron chi connectivity index (χ3n) is 3.84. The van der Waals surface area contributed by atoms with Crippen LogP contribution in [0.4, 0.5) is 0 Å². The maximum Gasteiger partial charge on any atom is 0.258 e. The van der Waals surface area contributed by atoms with Crippen molar-refractivity contribution in [3.05, 3.63) is 64.5 Å². The first kappa shape index (κ1) is 19.0. The van der Waals surface area contributed by atoms with Gasteiger partial charge in [-0.3, -0.25) is 4.79 Å². The van der Waals surface area contributed by atoms with Gasteiger partial charge in [-0.25, -0.2) is 4.98 Å². The summed E-state index contributed by atoms with van der Waals surface area (Å²) < 4.78 is 13.8. The Kier molecular flexibility index (Phi) is 6.13. The van der Waals surface area contributed by atoms with Crippen LogP contribution in [0.5, 0.6) is 11.5 Å². The normalized spacial score (nSPS) is 11.1. The Morgan fingerprint density at radius 1 is 1.26 bits per heavy atom. The fourth-order valence-corrected chi connectivity index (χ4v) is 2.94. The first-order valence-electron chi connectivity index (χ1n) is 8.42. The summed E-state index contributed by atoms with van der Waals surface area (Å²) in [7, 11) is 1.57. The number of halogens is 1. The van der Waals surface area contributed by atoms with E-state index in [0.29, 0.717) is 18.0 Å². The highest BCUT2D eigenvalue weighted by Gasteiger charge is 2.09. The Balaban J connectivity index is 1.56. The lowest BCUT2D eigenvalue weighted by molar-refractivity contribution is -0.123. The number of carbonyl (C=O) groups excluding carboxylic acids is 1. The number of imidazole rings is 1. The van der Waals surface area contributed by atoms with Gasteiger partial charge < -0.3 is 19.2 Å². The molecule has 7 heteroatoms. The van der Waals surface area contributed by atoms with Crippen molar-refractivity contribution in [2.45, 2.75) is 13.5 Å².